The number of rotatable bonds is 6. The van der Waals surface area contributed by atoms with Gasteiger partial charge in [-0.25, -0.2) is 12.4 Å². The van der Waals surface area contributed by atoms with Gasteiger partial charge in [-0.15, -0.1) is 0 Å². The van der Waals surface area contributed by atoms with Crippen molar-refractivity contribution in [3.8, 4) is 5.75 Å². The molecule has 1 aromatic heterocycles. The van der Waals surface area contributed by atoms with Crippen molar-refractivity contribution < 1.29 is 23.1 Å². The molecule has 0 amide bonds. The molecule has 0 unspecified atom stereocenters. The molecule has 0 bridgehead atoms. The van der Waals surface area contributed by atoms with E-state index >= 15 is 0 Å². The Morgan fingerprint density at radius 1 is 1.15 bits per heavy atom. The quantitative estimate of drug-likeness (QED) is 0.636. The van der Waals surface area contributed by atoms with Gasteiger partial charge in [0.15, 0.2) is 0 Å². The van der Waals surface area contributed by atoms with Gasteiger partial charge in [0.25, 0.3) is 10.0 Å². The van der Waals surface area contributed by atoms with Gasteiger partial charge in [-0.2, -0.15) is 0 Å². The summed E-state index contributed by atoms with van der Waals surface area (Å²) in [5, 5.41) is 9.98. The monoisotopic (exact) mass is 427 g/mol. The highest BCUT2D eigenvalue weighted by molar-refractivity contribution is 7.90. The molecule has 142 valence electrons. The van der Waals surface area contributed by atoms with Crippen molar-refractivity contribution in [2.75, 3.05) is 7.11 Å². The predicted octanol–water partition coefficient (Wildman–Crippen LogP) is 4.21. The molecule has 0 aliphatic rings. The van der Waals surface area contributed by atoms with E-state index in [1.54, 1.807) is 18.2 Å². The fourth-order valence-electron chi connectivity index (χ4n) is 2.80. The zero-order valence-electron chi connectivity index (χ0n) is 14.1. The molecule has 3 rings (SSSR count). The van der Waals surface area contributed by atoms with Crippen LogP contribution in [0.3, 0.4) is 0 Å². The lowest BCUT2D eigenvalue weighted by Gasteiger charge is -2.09. The number of carbonyl (C=O) groups is 1. The lowest BCUT2D eigenvalue weighted by molar-refractivity contribution is -0.136. The number of hydrogen-bond donors (Lipinski definition) is 1. The van der Waals surface area contributed by atoms with E-state index in [0.717, 1.165) is 3.97 Å². The van der Waals surface area contributed by atoms with Crippen LogP contribution >= 0.6 is 23.2 Å². The molecule has 27 heavy (non-hydrogen) atoms. The lowest BCUT2D eigenvalue weighted by Crippen LogP contribution is -2.12. The van der Waals surface area contributed by atoms with E-state index in [2.05, 4.69) is 0 Å². The third-order valence-electron chi connectivity index (χ3n) is 4.06. The molecule has 0 atom stereocenters. The van der Waals surface area contributed by atoms with Gasteiger partial charge in [0.05, 0.1) is 17.5 Å². The van der Waals surface area contributed by atoms with Crippen LogP contribution in [-0.2, 0) is 21.2 Å². The second-order valence-corrected chi connectivity index (χ2v) is 8.52. The van der Waals surface area contributed by atoms with Crippen molar-refractivity contribution in [3.05, 3.63) is 58.2 Å². The van der Waals surface area contributed by atoms with E-state index in [1.807, 2.05) is 0 Å². The van der Waals surface area contributed by atoms with Crippen molar-refractivity contribution in [1.82, 2.24) is 3.97 Å². The van der Waals surface area contributed by atoms with Crippen LogP contribution in [0.1, 0.15) is 12.0 Å². The minimum atomic E-state index is -3.99. The van der Waals surface area contributed by atoms with Gasteiger partial charge in [0.1, 0.15) is 5.75 Å². The number of carboxylic acids is 1. The summed E-state index contributed by atoms with van der Waals surface area (Å²) in [6, 6.07) is 9.01. The number of hydrogen-bond acceptors (Lipinski definition) is 4. The van der Waals surface area contributed by atoms with Gasteiger partial charge in [0.2, 0.25) is 0 Å². The topological polar surface area (TPSA) is 85.6 Å². The van der Waals surface area contributed by atoms with Gasteiger partial charge < -0.3 is 9.84 Å². The highest BCUT2D eigenvalue weighted by Crippen LogP contribution is 2.31. The summed E-state index contributed by atoms with van der Waals surface area (Å²) in [6.45, 7) is 0. The first-order valence-electron chi connectivity index (χ1n) is 7.84. The second-order valence-electron chi connectivity index (χ2n) is 5.84. The van der Waals surface area contributed by atoms with E-state index < -0.39 is 16.0 Å². The van der Waals surface area contributed by atoms with E-state index in [4.69, 9.17) is 33.0 Å². The Balaban J connectivity index is 2.22. The summed E-state index contributed by atoms with van der Waals surface area (Å²) in [5.74, 6) is -0.428. The van der Waals surface area contributed by atoms with Crippen LogP contribution < -0.4 is 4.74 Å². The van der Waals surface area contributed by atoms with Crippen molar-refractivity contribution >= 4 is 50.1 Å². The molecular formula is C18H15Cl2NO5S. The summed E-state index contributed by atoms with van der Waals surface area (Å²) in [5.41, 5.74) is 0.996. The van der Waals surface area contributed by atoms with E-state index in [0.29, 0.717) is 22.2 Å². The largest absolute Gasteiger partial charge is 0.497 e. The maximum Gasteiger partial charge on any atom is 0.303 e. The second kappa shape index (κ2) is 7.42. The molecule has 0 fully saturated rings. The average molecular weight is 428 g/mol. The van der Waals surface area contributed by atoms with Crippen LogP contribution in [-0.4, -0.2) is 30.6 Å². The Morgan fingerprint density at radius 2 is 1.81 bits per heavy atom. The fraction of sp³-hybridized carbons (Fsp3) is 0.167. The molecule has 0 aliphatic heterocycles. The third-order valence-corrected chi connectivity index (χ3v) is 6.15. The highest BCUT2D eigenvalue weighted by atomic mass is 35.5. The van der Waals surface area contributed by atoms with Crippen LogP contribution in [0.25, 0.3) is 10.9 Å². The summed E-state index contributed by atoms with van der Waals surface area (Å²) in [4.78, 5) is 10.9. The fourth-order valence-corrected chi connectivity index (χ4v) is 4.92. The summed E-state index contributed by atoms with van der Waals surface area (Å²) in [7, 11) is -2.49. The van der Waals surface area contributed by atoms with E-state index in [-0.39, 0.29) is 27.8 Å². The number of aryl methyl sites for hydroxylation is 1. The standard InChI is InChI=1S/C18H15Cl2NO5S/c1-26-14-3-4-17-16(9-14)11(2-5-18(22)23)10-21(17)27(24,25)15-7-12(19)6-13(20)8-15/h3-4,6-10H,2,5H2,1H3,(H,22,23). The SMILES string of the molecule is COc1ccc2c(c1)c(CCC(=O)O)cn2S(=O)(=O)c1cc(Cl)cc(Cl)c1. The number of methoxy groups -OCH3 is 1. The zero-order chi connectivity index (χ0) is 19.8. The number of fused-ring (bicyclic) bond motifs is 1. The smallest absolute Gasteiger partial charge is 0.303 e. The Bertz CT molecular complexity index is 1120. The number of carboxylic acid groups (broad SMARTS) is 1. The number of aromatic nitrogens is 1. The van der Waals surface area contributed by atoms with Crippen LogP contribution in [0.5, 0.6) is 5.75 Å². The van der Waals surface area contributed by atoms with Crippen molar-refractivity contribution in [3.63, 3.8) is 0 Å². The van der Waals surface area contributed by atoms with Crippen LogP contribution in [0.2, 0.25) is 10.0 Å². The normalized spacial score (nSPS) is 11.7. The molecule has 0 radical (unpaired) electrons. The number of halogens is 2. The van der Waals surface area contributed by atoms with Crippen LogP contribution in [0, 0.1) is 0 Å². The molecule has 3 aromatic rings. The number of benzene rings is 2. The first-order chi connectivity index (χ1) is 12.7. The molecule has 6 nitrogen and oxygen atoms in total. The van der Waals surface area contributed by atoms with Crippen molar-refractivity contribution in [2.45, 2.75) is 17.7 Å². The van der Waals surface area contributed by atoms with Crippen LogP contribution in [0.15, 0.2) is 47.5 Å². The van der Waals surface area contributed by atoms with E-state index in [1.165, 1.54) is 31.5 Å². The predicted molar refractivity (Wildman–Crippen MR) is 103 cm³/mol. The van der Waals surface area contributed by atoms with Gasteiger partial charge in [-0.05, 0) is 48.4 Å². The average Bonchev–Trinajstić information content (AvgIpc) is 2.97. The Labute approximate surface area is 165 Å². The number of ether oxygens (including phenoxy) is 1. The number of aliphatic carboxylic acids is 1. The first-order valence-corrected chi connectivity index (χ1v) is 10.0. The van der Waals surface area contributed by atoms with E-state index in [9.17, 15) is 13.2 Å². The van der Waals surface area contributed by atoms with Gasteiger partial charge in [0, 0.05) is 28.0 Å². The minimum absolute atomic E-state index is 0.0579. The molecule has 9 heteroatoms. The Morgan fingerprint density at radius 3 is 2.41 bits per heavy atom. The van der Waals surface area contributed by atoms with Gasteiger partial charge >= 0.3 is 5.97 Å². The Kier molecular flexibility index (Phi) is 5.37. The highest BCUT2D eigenvalue weighted by Gasteiger charge is 2.23. The summed E-state index contributed by atoms with van der Waals surface area (Å²) in [6.07, 6.45) is 1.48. The molecule has 0 aliphatic carbocycles. The molecule has 1 heterocycles. The first kappa shape index (κ1) is 19.5. The number of nitrogens with zero attached hydrogens (tertiary/aromatic N) is 1. The zero-order valence-corrected chi connectivity index (χ0v) is 16.5. The molecule has 1 N–H and O–H groups in total. The molecule has 0 saturated carbocycles. The summed E-state index contributed by atoms with van der Waals surface area (Å²) >= 11 is 11.9. The molecule has 0 saturated heterocycles. The summed E-state index contributed by atoms with van der Waals surface area (Å²) < 4.78 is 32.6. The van der Waals surface area contributed by atoms with Gasteiger partial charge in [-0.3, -0.25) is 4.79 Å². The molecular weight excluding hydrogens is 413 g/mol. The maximum atomic E-state index is 13.2. The van der Waals surface area contributed by atoms with Crippen molar-refractivity contribution in [1.29, 1.82) is 0 Å². The van der Waals surface area contributed by atoms with Crippen LogP contribution in [0.4, 0.5) is 0 Å². The Hall–Kier alpha value is -2.22. The lowest BCUT2D eigenvalue weighted by atomic mass is 10.1. The molecule has 2 aromatic carbocycles. The molecule has 0 spiro atoms. The minimum Gasteiger partial charge on any atom is -0.497 e. The van der Waals surface area contributed by atoms with Gasteiger partial charge in [-0.1, -0.05) is 23.2 Å². The maximum absolute atomic E-state index is 13.2. The third kappa shape index (κ3) is 3.90. The van der Waals surface area contributed by atoms with Crippen molar-refractivity contribution in [2.24, 2.45) is 0 Å².